The number of ether oxygens (including phenoxy) is 1. The summed E-state index contributed by atoms with van der Waals surface area (Å²) in [6.07, 6.45) is 2.21. The molecule has 4 nitrogen and oxygen atoms in total. The molecule has 2 heterocycles. The van der Waals surface area contributed by atoms with Crippen molar-refractivity contribution in [3.05, 3.63) is 30.1 Å². The molecule has 0 aliphatic carbocycles. The van der Waals surface area contributed by atoms with Gasteiger partial charge in [0.15, 0.2) is 0 Å². The zero-order valence-corrected chi connectivity index (χ0v) is 11.4. The highest BCUT2D eigenvalue weighted by Gasteiger charge is 2.21. The number of anilines is 1. The summed E-state index contributed by atoms with van der Waals surface area (Å²) in [5.41, 5.74) is 8.20. The van der Waals surface area contributed by atoms with E-state index in [4.69, 9.17) is 15.5 Å². The summed E-state index contributed by atoms with van der Waals surface area (Å²) in [5.74, 6) is 3.42. The Hall–Kier alpha value is -1.97. The van der Waals surface area contributed by atoms with Crippen molar-refractivity contribution in [2.45, 2.75) is 26.3 Å². The molecule has 1 aliphatic rings. The quantitative estimate of drug-likeness (QED) is 0.900. The highest BCUT2D eigenvalue weighted by Crippen LogP contribution is 2.31. The lowest BCUT2D eigenvalue weighted by atomic mass is 10.0. The van der Waals surface area contributed by atoms with Crippen molar-refractivity contribution in [1.29, 1.82) is 0 Å². The molecule has 2 N–H and O–H groups in total. The van der Waals surface area contributed by atoms with E-state index in [1.165, 1.54) is 6.42 Å². The van der Waals surface area contributed by atoms with Gasteiger partial charge >= 0.3 is 0 Å². The molecule has 4 heteroatoms. The summed E-state index contributed by atoms with van der Waals surface area (Å²) in [6, 6.07) is 7.89. The van der Waals surface area contributed by atoms with Crippen molar-refractivity contribution < 1.29 is 4.74 Å². The first kappa shape index (κ1) is 12.1. The van der Waals surface area contributed by atoms with Crippen LogP contribution in [0.3, 0.4) is 0 Å². The molecule has 0 radical (unpaired) electrons. The number of methoxy groups -OCH3 is 1. The van der Waals surface area contributed by atoms with Gasteiger partial charge in [-0.1, -0.05) is 6.92 Å². The smallest absolute Gasteiger partial charge is 0.131 e. The Labute approximate surface area is 113 Å². The lowest BCUT2D eigenvalue weighted by Crippen LogP contribution is -2.19. The lowest BCUT2D eigenvalue weighted by molar-refractivity contribution is 0.397. The summed E-state index contributed by atoms with van der Waals surface area (Å²) in [7, 11) is 1.67. The Morgan fingerprint density at radius 2 is 2.05 bits per heavy atom. The van der Waals surface area contributed by atoms with E-state index in [9.17, 15) is 0 Å². The summed E-state index contributed by atoms with van der Waals surface area (Å²) in [6.45, 7) is 3.24. The second-order valence-electron chi connectivity index (χ2n) is 5.24. The van der Waals surface area contributed by atoms with Crippen LogP contribution in [-0.4, -0.2) is 16.7 Å². The highest BCUT2D eigenvalue weighted by atomic mass is 16.5. The topological polar surface area (TPSA) is 53.1 Å². The van der Waals surface area contributed by atoms with E-state index in [1.807, 2.05) is 24.3 Å². The van der Waals surface area contributed by atoms with Gasteiger partial charge in [0.2, 0.25) is 0 Å². The maximum absolute atomic E-state index is 6.26. The van der Waals surface area contributed by atoms with Gasteiger partial charge in [-0.05, 0) is 36.6 Å². The minimum absolute atomic E-state index is 0.674. The third-order valence-corrected chi connectivity index (χ3v) is 3.80. The van der Waals surface area contributed by atoms with E-state index in [1.54, 1.807) is 7.11 Å². The number of nitrogens with zero attached hydrogens (tertiary/aromatic N) is 2. The van der Waals surface area contributed by atoms with E-state index in [0.717, 1.165) is 41.6 Å². The van der Waals surface area contributed by atoms with E-state index < -0.39 is 0 Å². The average molecular weight is 257 g/mol. The molecule has 0 bridgehead atoms. The van der Waals surface area contributed by atoms with Gasteiger partial charge in [0.1, 0.15) is 23.1 Å². The first-order chi connectivity index (χ1) is 9.19. The van der Waals surface area contributed by atoms with Gasteiger partial charge in [-0.15, -0.1) is 0 Å². The van der Waals surface area contributed by atoms with Crippen LogP contribution in [0.25, 0.3) is 11.3 Å². The molecule has 19 heavy (non-hydrogen) atoms. The number of fused-ring (bicyclic) bond motifs is 1. The van der Waals surface area contributed by atoms with Crippen molar-refractivity contribution in [2.24, 2.45) is 5.92 Å². The molecule has 1 aliphatic heterocycles. The number of aryl methyl sites for hydroxylation is 1. The largest absolute Gasteiger partial charge is 0.497 e. The predicted molar refractivity (Wildman–Crippen MR) is 76.1 cm³/mol. The lowest BCUT2D eigenvalue weighted by Gasteiger charge is -2.20. The molecule has 0 fully saturated rings. The molecule has 0 saturated heterocycles. The Balaban J connectivity index is 2.01. The van der Waals surface area contributed by atoms with E-state index in [-0.39, 0.29) is 0 Å². The number of nitrogens with two attached hydrogens (primary N) is 1. The van der Waals surface area contributed by atoms with Crippen LogP contribution in [0, 0.1) is 5.92 Å². The van der Waals surface area contributed by atoms with Gasteiger partial charge in [-0.3, -0.25) is 0 Å². The van der Waals surface area contributed by atoms with E-state index in [2.05, 4.69) is 11.5 Å². The van der Waals surface area contributed by atoms with Crippen molar-refractivity contribution >= 4 is 5.82 Å². The third-order valence-electron chi connectivity index (χ3n) is 3.80. The van der Waals surface area contributed by atoms with E-state index >= 15 is 0 Å². The zero-order chi connectivity index (χ0) is 13.4. The van der Waals surface area contributed by atoms with Gasteiger partial charge in [0.05, 0.1) is 7.11 Å². The van der Waals surface area contributed by atoms with Crippen LogP contribution in [0.5, 0.6) is 5.75 Å². The van der Waals surface area contributed by atoms with Crippen LogP contribution < -0.4 is 10.5 Å². The molecular weight excluding hydrogens is 238 g/mol. The molecule has 1 atom stereocenters. The number of hydrogen-bond donors (Lipinski definition) is 1. The van der Waals surface area contributed by atoms with Gasteiger partial charge < -0.3 is 15.0 Å². The standard InChI is InChI=1S/C15H19N3O/c1-10-3-8-13-17-14(15(16)18(13)9-10)11-4-6-12(19-2)7-5-11/h4-7,10H,3,8-9,16H2,1-2H3. The second kappa shape index (κ2) is 4.61. The Morgan fingerprint density at radius 3 is 2.74 bits per heavy atom. The first-order valence-electron chi connectivity index (χ1n) is 6.68. The van der Waals surface area contributed by atoms with Crippen molar-refractivity contribution in [1.82, 2.24) is 9.55 Å². The van der Waals surface area contributed by atoms with Gasteiger partial charge in [-0.2, -0.15) is 0 Å². The fourth-order valence-corrected chi connectivity index (χ4v) is 2.65. The monoisotopic (exact) mass is 257 g/mol. The second-order valence-corrected chi connectivity index (χ2v) is 5.24. The fraction of sp³-hybridized carbons (Fsp3) is 0.400. The minimum Gasteiger partial charge on any atom is -0.497 e. The zero-order valence-electron chi connectivity index (χ0n) is 11.4. The number of aromatic nitrogens is 2. The first-order valence-corrected chi connectivity index (χ1v) is 6.68. The van der Waals surface area contributed by atoms with Gasteiger partial charge in [0, 0.05) is 18.5 Å². The summed E-state index contributed by atoms with van der Waals surface area (Å²) in [4.78, 5) is 4.71. The van der Waals surface area contributed by atoms with E-state index in [0.29, 0.717) is 5.92 Å². The fourth-order valence-electron chi connectivity index (χ4n) is 2.65. The maximum atomic E-state index is 6.26. The SMILES string of the molecule is COc1ccc(-c2nc3n(c2N)CC(C)CC3)cc1. The molecule has 0 amide bonds. The Bertz CT molecular complexity index is 586. The maximum Gasteiger partial charge on any atom is 0.131 e. The number of benzene rings is 1. The van der Waals surface area contributed by atoms with Crippen LogP contribution in [0.4, 0.5) is 5.82 Å². The number of hydrogen-bond acceptors (Lipinski definition) is 3. The Morgan fingerprint density at radius 1 is 1.32 bits per heavy atom. The van der Waals surface area contributed by atoms with Crippen molar-refractivity contribution in [3.8, 4) is 17.0 Å². The molecule has 1 aromatic heterocycles. The summed E-state index contributed by atoms with van der Waals surface area (Å²) >= 11 is 0. The normalized spacial score (nSPS) is 18.1. The van der Waals surface area contributed by atoms with Crippen LogP contribution in [-0.2, 0) is 13.0 Å². The van der Waals surface area contributed by atoms with Crippen LogP contribution in [0.1, 0.15) is 19.2 Å². The number of rotatable bonds is 2. The Kier molecular flexibility index (Phi) is 2.93. The van der Waals surface area contributed by atoms with Gasteiger partial charge in [-0.25, -0.2) is 4.98 Å². The van der Waals surface area contributed by atoms with Crippen LogP contribution in [0.2, 0.25) is 0 Å². The highest BCUT2D eigenvalue weighted by molar-refractivity contribution is 5.71. The third kappa shape index (κ3) is 2.07. The van der Waals surface area contributed by atoms with Crippen LogP contribution in [0.15, 0.2) is 24.3 Å². The molecule has 1 aromatic carbocycles. The van der Waals surface area contributed by atoms with Crippen molar-refractivity contribution in [3.63, 3.8) is 0 Å². The van der Waals surface area contributed by atoms with Crippen molar-refractivity contribution in [2.75, 3.05) is 12.8 Å². The molecular formula is C15H19N3O. The number of imidazole rings is 1. The molecule has 3 rings (SSSR count). The molecule has 2 aromatic rings. The average Bonchev–Trinajstić information content (AvgIpc) is 2.76. The van der Waals surface area contributed by atoms with Gasteiger partial charge in [0.25, 0.3) is 0 Å². The predicted octanol–water partition coefficient (Wildman–Crippen LogP) is 2.72. The summed E-state index contributed by atoms with van der Waals surface area (Å²) in [5, 5.41) is 0. The number of nitrogen functional groups attached to an aromatic ring is 1. The molecule has 0 saturated carbocycles. The van der Waals surface area contributed by atoms with Crippen LogP contribution >= 0.6 is 0 Å². The molecule has 100 valence electrons. The summed E-state index contributed by atoms with van der Waals surface area (Å²) < 4.78 is 7.33. The molecule has 0 spiro atoms. The minimum atomic E-state index is 0.674. The molecule has 1 unspecified atom stereocenters.